The fourth-order valence-electron chi connectivity index (χ4n) is 2.27. The monoisotopic (exact) mass is 446 g/mol. The molecule has 1 aliphatic rings. The number of phosphoric ester groups is 2. The summed E-state index contributed by atoms with van der Waals surface area (Å²) in [5.41, 5.74) is -1.32. The van der Waals surface area contributed by atoms with E-state index in [1.165, 1.54) is 6.92 Å². The van der Waals surface area contributed by atoms with E-state index in [0.717, 1.165) is 10.8 Å². The van der Waals surface area contributed by atoms with Gasteiger partial charge in [-0.25, -0.2) is 4.79 Å². The molecule has 1 aromatic rings. The zero-order valence-corrected chi connectivity index (χ0v) is 20.4. The van der Waals surface area contributed by atoms with Gasteiger partial charge in [0.25, 0.3) is 21.2 Å². The van der Waals surface area contributed by atoms with Crippen LogP contribution in [0.4, 0.5) is 0 Å². The van der Waals surface area contributed by atoms with Crippen LogP contribution in [0.1, 0.15) is 18.2 Å². The molecular formula is C10H14N2Na2O11P2. The molecule has 1 fully saturated rings. The van der Waals surface area contributed by atoms with E-state index in [-0.39, 0.29) is 71.1 Å². The average molecular weight is 446 g/mol. The molecule has 0 saturated carbocycles. The van der Waals surface area contributed by atoms with Crippen LogP contribution in [-0.4, -0.2) is 38.2 Å². The van der Waals surface area contributed by atoms with E-state index < -0.39 is 51.9 Å². The number of rotatable bonds is 6. The van der Waals surface area contributed by atoms with Crippen LogP contribution in [-0.2, 0) is 22.9 Å². The molecule has 3 N–H and O–H groups in total. The summed E-state index contributed by atoms with van der Waals surface area (Å²) in [7, 11) is -10.3. The molecule has 2 heterocycles. The quantitative estimate of drug-likeness (QED) is 0.277. The molecule has 0 bridgehead atoms. The fraction of sp³-hybridized carbons (Fsp3) is 0.600. The van der Waals surface area contributed by atoms with Crippen LogP contribution in [0.25, 0.3) is 0 Å². The molecule has 0 amide bonds. The van der Waals surface area contributed by atoms with Gasteiger partial charge in [0, 0.05) is 18.2 Å². The topological polar surface area (TPSA) is 203 Å². The Morgan fingerprint density at radius 3 is 2.41 bits per heavy atom. The predicted molar refractivity (Wildman–Crippen MR) is 75.1 cm³/mol. The van der Waals surface area contributed by atoms with Crippen LogP contribution < -0.4 is 80.2 Å². The minimum Gasteiger partial charge on any atom is -0.756 e. The van der Waals surface area contributed by atoms with Crippen molar-refractivity contribution in [2.24, 2.45) is 0 Å². The van der Waals surface area contributed by atoms with Crippen molar-refractivity contribution in [1.82, 2.24) is 9.55 Å². The number of hydrogen-bond donors (Lipinski definition) is 3. The molecule has 17 heteroatoms. The first-order chi connectivity index (χ1) is 11.4. The van der Waals surface area contributed by atoms with Crippen LogP contribution >= 0.6 is 15.6 Å². The zero-order valence-electron chi connectivity index (χ0n) is 14.6. The fourth-order valence-corrected chi connectivity index (χ4v) is 3.17. The molecule has 27 heavy (non-hydrogen) atoms. The molecule has 1 aromatic heterocycles. The van der Waals surface area contributed by atoms with Gasteiger partial charge in [0.2, 0.25) is 0 Å². The number of H-pyrrole nitrogens is 1. The maximum absolute atomic E-state index is 11.8. The molecule has 2 rings (SSSR count). The Morgan fingerprint density at radius 2 is 1.89 bits per heavy atom. The largest absolute Gasteiger partial charge is 1.00 e. The minimum absolute atomic E-state index is 0. The van der Waals surface area contributed by atoms with Crippen molar-refractivity contribution in [2.45, 2.75) is 31.8 Å². The van der Waals surface area contributed by atoms with Gasteiger partial charge in [0.15, 0.2) is 0 Å². The Labute approximate surface area is 196 Å². The summed E-state index contributed by atoms with van der Waals surface area (Å²) >= 11 is 0. The maximum atomic E-state index is 11.8. The maximum Gasteiger partial charge on any atom is 1.00 e. The van der Waals surface area contributed by atoms with Gasteiger partial charge in [-0.2, -0.15) is 0 Å². The summed E-state index contributed by atoms with van der Waals surface area (Å²) in [6, 6.07) is 0. The van der Waals surface area contributed by atoms with Crippen molar-refractivity contribution in [2.75, 3.05) is 6.61 Å². The van der Waals surface area contributed by atoms with Gasteiger partial charge in [-0.15, -0.1) is 0 Å². The van der Waals surface area contributed by atoms with Crippen molar-refractivity contribution in [3.63, 3.8) is 0 Å². The molecule has 0 spiro atoms. The second-order valence-electron chi connectivity index (χ2n) is 5.22. The van der Waals surface area contributed by atoms with E-state index in [4.69, 9.17) is 14.5 Å². The van der Waals surface area contributed by atoms with Gasteiger partial charge in [0.1, 0.15) is 12.3 Å². The van der Waals surface area contributed by atoms with Crippen molar-refractivity contribution in [1.29, 1.82) is 0 Å². The first-order valence-corrected chi connectivity index (χ1v) is 9.73. The molecule has 1 aliphatic heterocycles. The van der Waals surface area contributed by atoms with Gasteiger partial charge in [-0.05, 0) is 6.92 Å². The van der Waals surface area contributed by atoms with Crippen molar-refractivity contribution < 1.29 is 102 Å². The number of ether oxygens (including phenoxy) is 1. The number of phosphoric acid groups is 2. The standard InChI is InChI=1S/C10H16N2O11P2.2Na/c1-5-3-12(10(14)11-9(5)13)8-2-6(23-25(18,19)20)7(22-8)4-21-24(15,16)17;;/h3,6-8H,2,4H2,1H3,(H,11,13,14)(H2,15,16,17)(H2,18,19,20);;/q;2*+1/p-2. The normalized spacial score (nSPS) is 26.3. The Bertz CT molecular complexity index is 846. The third kappa shape index (κ3) is 8.63. The third-order valence-electron chi connectivity index (χ3n) is 3.31. The molecule has 5 atom stereocenters. The summed E-state index contributed by atoms with van der Waals surface area (Å²) in [6.45, 7) is 0.590. The summed E-state index contributed by atoms with van der Waals surface area (Å²) in [5, 5.41) is 0. The van der Waals surface area contributed by atoms with Crippen molar-refractivity contribution in [3.05, 3.63) is 32.6 Å². The van der Waals surface area contributed by atoms with E-state index in [2.05, 4.69) is 9.05 Å². The Kier molecular flexibility index (Phi) is 11.1. The first kappa shape index (κ1) is 27.9. The smallest absolute Gasteiger partial charge is 0.756 e. The summed E-state index contributed by atoms with van der Waals surface area (Å²) in [4.78, 5) is 64.3. The van der Waals surface area contributed by atoms with E-state index in [0.29, 0.717) is 0 Å². The molecule has 142 valence electrons. The van der Waals surface area contributed by atoms with E-state index >= 15 is 0 Å². The first-order valence-electron chi connectivity index (χ1n) is 6.74. The molecule has 0 radical (unpaired) electrons. The molecule has 0 aromatic carbocycles. The molecule has 5 unspecified atom stereocenters. The average Bonchev–Trinajstić information content (AvgIpc) is 2.80. The number of nitrogens with zero attached hydrogens (tertiary/aromatic N) is 1. The van der Waals surface area contributed by atoms with Gasteiger partial charge in [-0.1, -0.05) is 0 Å². The molecule has 0 aliphatic carbocycles. The minimum atomic E-state index is -5.20. The van der Waals surface area contributed by atoms with Crippen LogP contribution in [0.2, 0.25) is 0 Å². The second kappa shape index (κ2) is 10.8. The van der Waals surface area contributed by atoms with Gasteiger partial charge in [-0.3, -0.25) is 23.5 Å². The van der Waals surface area contributed by atoms with Gasteiger partial charge in [0.05, 0.1) is 12.7 Å². The number of aromatic nitrogens is 2. The SMILES string of the molecule is Cc1cn(C2CC(OP(=O)([O-])O)C(COP(=O)([O-])O)O2)c(=O)[nH]c1=O.[Na+].[Na+]. The van der Waals surface area contributed by atoms with Crippen LogP contribution in [0.5, 0.6) is 0 Å². The predicted octanol–water partition coefficient (Wildman–Crippen LogP) is -8.54. The Morgan fingerprint density at radius 1 is 1.30 bits per heavy atom. The Balaban J connectivity index is 0.00000338. The number of aromatic amines is 1. The molecule has 13 nitrogen and oxygen atoms in total. The third-order valence-corrected chi connectivity index (χ3v) is 4.32. The second-order valence-corrected chi connectivity index (χ2v) is 7.56. The molecule has 1 saturated heterocycles. The zero-order chi connectivity index (χ0) is 19.0. The van der Waals surface area contributed by atoms with Gasteiger partial charge >= 0.3 is 64.8 Å². The van der Waals surface area contributed by atoms with E-state index in [1.807, 2.05) is 4.98 Å². The summed E-state index contributed by atoms with van der Waals surface area (Å²) in [6.07, 6.45) is -3.03. The van der Waals surface area contributed by atoms with E-state index in [9.17, 15) is 28.5 Å². The number of hydrogen-bond acceptors (Lipinski definition) is 9. The number of nitrogens with one attached hydrogen (secondary N) is 1. The van der Waals surface area contributed by atoms with Crippen molar-refractivity contribution >= 4 is 15.6 Å². The summed E-state index contributed by atoms with van der Waals surface area (Å²) in [5.74, 6) is 0. The van der Waals surface area contributed by atoms with Crippen molar-refractivity contribution in [3.8, 4) is 0 Å². The number of aryl methyl sites for hydroxylation is 1. The van der Waals surface area contributed by atoms with Crippen LogP contribution in [0.15, 0.2) is 15.8 Å². The van der Waals surface area contributed by atoms with Crippen LogP contribution in [0.3, 0.4) is 0 Å². The summed E-state index contributed by atoms with van der Waals surface area (Å²) < 4.78 is 36.4. The Hall–Kier alpha value is 0.860. The van der Waals surface area contributed by atoms with Gasteiger partial charge < -0.3 is 33.4 Å². The van der Waals surface area contributed by atoms with Crippen LogP contribution in [0, 0.1) is 6.92 Å². The van der Waals surface area contributed by atoms with E-state index in [1.54, 1.807) is 0 Å². The molecular weight excluding hydrogens is 432 g/mol.